The first kappa shape index (κ1) is 16.4. The molecule has 6 heteroatoms. The number of anilines is 1. The first-order chi connectivity index (χ1) is 10.6. The maximum absolute atomic E-state index is 12.5. The Balaban J connectivity index is 2.38. The van der Waals surface area contributed by atoms with E-state index in [1.54, 1.807) is 12.1 Å². The lowest BCUT2D eigenvalue weighted by atomic mass is 10.1. The topological polar surface area (TPSA) is 56.8 Å². The number of hydrogen-bond donors (Lipinski definition) is 1. The lowest BCUT2D eigenvalue weighted by molar-refractivity contribution is 0.102. The second-order valence-electron chi connectivity index (χ2n) is 4.34. The second kappa shape index (κ2) is 7.35. The molecule has 0 aliphatic heterocycles. The Morgan fingerprint density at radius 3 is 2.14 bits per heavy atom. The summed E-state index contributed by atoms with van der Waals surface area (Å²) in [5.41, 5.74) is 1.12. The van der Waals surface area contributed by atoms with Crippen molar-refractivity contribution in [3.8, 4) is 17.2 Å². The zero-order valence-electron chi connectivity index (χ0n) is 12.5. The maximum atomic E-state index is 12.5. The largest absolute Gasteiger partial charge is 0.496 e. The van der Waals surface area contributed by atoms with Crippen molar-refractivity contribution in [2.75, 3.05) is 26.6 Å². The molecule has 0 fully saturated rings. The van der Waals surface area contributed by atoms with Gasteiger partial charge in [-0.25, -0.2) is 0 Å². The van der Waals surface area contributed by atoms with Crippen molar-refractivity contribution in [3.05, 3.63) is 45.5 Å². The van der Waals surface area contributed by atoms with Crippen LogP contribution in [0, 0.1) is 3.57 Å². The number of nitrogens with one attached hydrogen (secondary N) is 1. The third-order valence-electron chi connectivity index (χ3n) is 3.07. The molecule has 0 aromatic heterocycles. The van der Waals surface area contributed by atoms with Crippen LogP contribution in [-0.2, 0) is 0 Å². The minimum atomic E-state index is -0.276. The van der Waals surface area contributed by atoms with Gasteiger partial charge in [0.15, 0.2) is 11.5 Å². The van der Waals surface area contributed by atoms with Gasteiger partial charge in [-0.2, -0.15) is 0 Å². The molecule has 2 rings (SSSR count). The normalized spacial score (nSPS) is 10.0. The van der Waals surface area contributed by atoms with Gasteiger partial charge < -0.3 is 19.5 Å². The van der Waals surface area contributed by atoms with E-state index in [9.17, 15) is 4.79 Å². The molecule has 1 amide bonds. The highest BCUT2D eigenvalue weighted by Crippen LogP contribution is 2.35. The minimum absolute atomic E-state index is 0.276. The molecule has 0 heterocycles. The molecule has 22 heavy (non-hydrogen) atoms. The van der Waals surface area contributed by atoms with E-state index in [4.69, 9.17) is 14.2 Å². The van der Waals surface area contributed by atoms with Gasteiger partial charge in [0.25, 0.3) is 5.91 Å². The van der Waals surface area contributed by atoms with Crippen molar-refractivity contribution in [1.82, 2.24) is 0 Å². The van der Waals surface area contributed by atoms with Crippen LogP contribution in [0.3, 0.4) is 0 Å². The van der Waals surface area contributed by atoms with Gasteiger partial charge in [-0.3, -0.25) is 4.79 Å². The van der Waals surface area contributed by atoms with Gasteiger partial charge in [0.05, 0.1) is 32.6 Å². The quantitative estimate of drug-likeness (QED) is 0.762. The lowest BCUT2D eigenvalue weighted by Gasteiger charge is -2.14. The van der Waals surface area contributed by atoms with Gasteiger partial charge in [0, 0.05) is 15.7 Å². The predicted octanol–water partition coefficient (Wildman–Crippen LogP) is 3.57. The Bertz CT molecular complexity index is 688. The van der Waals surface area contributed by atoms with Gasteiger partial charge in [0.2, 0.25) is 0 Å². The Kier molecular flexibility index (Phi) is 5.48. The molecule has 0 saturated heterocycles. The van der Waals surface area contributed by atoms with Crippen molar-refractivity contribution in [1.29, 1.82) is 0 Å². The van der Waals surface area contributed by atoms with Crippen LogP contribution in [-0.4, -0.2) is 27.2 Å². The second-order valence-corrected chi connectivity index (χ2v) is 5.50. The number of halogens is 1. The van der Waals surface area contributed by atoms with E-state index >= 15 is 0 Å². The third-order valence-corrected chi connectivity index (χ3v) is 4.01. The summed E-state index contributed by atoms with van der Waals surface area (Å²) in [6, 6.07) is 10.8. The van der Waals surface area contributed by atoms with Gasteiger partial charge >= 0.3 is 0 Å². The lowest BCUT2D eigenvalue weighted by Crippen LogP contribution is -2.14. The first-order valence-electron chi connectivity index (χ1n) is 6.46. The number of ether oxygens (including phenoxy) is 3. The Morgan fingerprint density at radius 2 is 1.55 bits per heavy atom. The highest BCUT2D eigenvalue weighted by Gasteiger charge is 2.18. The summed E-state index contributed by atoms with van der Waals surface area (Å²) in [5, 5.41) is 2.87. The van der Waals surface area contributed by atoms with Crippen LogP contribution in [0.15, 0.2) is 36.4 Å². The number of amides is 1. The summed E-state index contributed by atoms with van der Waals surface area (Å²) in [6.45, 7) is 0. The standard InChI is InChI=1S/C16H16INO4/c1-20-13-9-15(22-3)14(21-2)8-10(13)16(19)18-12-7-5-4-6-11(12)17/h4-9H,1-3H3,(H,18,19). The molecule has 0 radical (unpaired) electrons. The zero-order chi connectivity index (χ0) is 16.1. The number of carbonyl (C=O) groups excluding carboxylic acids is 1. The molecular weight excluding hydrogens is 397 g/mol. The summed E-state index contributed by atoms with van der Waals surface area (Å²) >= 11 is 2.17. The van der Waals surface area contributed by atoms with Crippen LogP contribution < -0.4 is 19.5 Å². The molecule has 0 spiro atoms. The molecule has 1 N–H and O–H groups in total. The van der Waals surface area contributed by atoms with Crippen LogP contribution in [0.4, 0.5) is 5.69 Å². The molecule has 0 atom stereocenters. The van der Waals surface area contributed by atoms with E-state index in [0.29, 0.717) is 22.8 Å². The summed E-state index contributed by atoms with van der Waals surface area (Å²) in [5.74, 6) is 1.12. The molecule has 0 aliphatic rings. The fourth-order valence-electron chi connectivity index (χ4n) is 1.96. The van der Waals surface area contributed by atoms with Crippen LogP contribution in [0.25, 0.3) is 0 Å². The van der Waals surface area contributed by atoms with Gasteiger partial charge in [-0.15, -0.1) is 0 Å². The van der Waals surface area contributed by atoms with E-state index in [1.807, 2.05) is 24.3 Å². The molecule has 2 aromatic carbocycles. The molecule has 0 aliphatic carbocycles. The molecule has 2 aromatic rings. The molecule has 116 valence electrons. The Morgan fingerprint density at radius 1 is 0.955 bits per heavy atom. The minimum Gasteiger partial charge on any atom is -0.496 e. The van der Waals surface area contributed by atoms with Gasteiger partial charge in [0.1, 0.15) is 5.75 Å². The summed E-state index contributed by atoms with van der Waals surface area (Å²) in [4.78, 5) is 12.5. The SMILES string of the molecule is COc1cc(OC)c(C(=O)Nc2ccccc2I)cc1OC. The third kappa shape index (κ3) is 3.44. The Hall–Kier alpha value is -1.96. The molecule has 0 saturated carbocycles. The summed E-state index contributed by atoms with van der Waals surface area (Å²) in [7, 11) is 4.56. The number of hydrogen-bond acceptors (Lipinski definition) is 4. The number of benzene rings is 2. The van der Waals surface area contributed by atoms with Gasteiger partial charge in [-0.1, -0.05) is 12.1 Å². The van der Waals surface area contributed by atoms with Crippen molar-refractivity contribution in [2.45, 2.75) is 0 Å². The first-order valence-corrected chi connectivity index (χ1v) is 7.54. The Labute approximate surface area is 142 Å². The number of para-hydroxylation sites is 1. The zero-order valence-corrected chi connectivity index (χ0v) is 14.6. The summed E-state index contributed by atoms with van der Waals surface area (Å²) in [6.07, 6.45) is 0. The highest BCUT2D eigenvalue weighted by atomic mass is 127. The highest BCUT2D eigenvalue weighted by molar-refractivity contribution is 14.1. The van der Waals surface area contributed by atoms with Crippen molar-refractivity contribution >= 4 is 34.2 Å². The fourth-order valence-corrected chi connectivity index (χ4v) is 2.48. The number of methoxy groups -OCH3 is 3. The van der Waals surface area contributed by atoms with E-state index in [0.717, 1.165) is 9.26 Å². The van der Waals surface area contributed by atoms with Crippen molar-refractivity contribution in [2.24, 2.45) is 0 Å². The number of rotatable bonds is 5. The predicted molar refractivity (Wildman–Crippen MR) is 93.2 cm³/mol. The molecule has 0 unspecified atom stereocenters. The maximum Gasteiger partial charge on any atom is 0.259 e. The monoisotopic (exact) mass is 413 g/mol. The van der Waals surface area contributed by atoms with E-state index < -0.39 is 0 Å². The molecule has 5 nitrogen and oxygen atoms in total. The smallest absolute Gasteiger partial charge is 0.259 e. The molecular formula is C16H16INO4. The van der Waals surface area contributed by atoms with Crippen LogP contribution in [0.2, 0.25) is 0 Å². The van der Waals surface area contributed by atoms with E-state index in [1.165, 1.54) is 21.3 Å². The van der Waals surface area contributed by atoms with Crippen LogP contribution in [0.1, 0.15) is 10.4 Å². The van der Waals surface area contributed by atoms with Crippen molar-refractivity contribution < 1.29 is 19.0 Å². The van der Waals surface area contributed by atoms with Gasteiger partial charge in [-0.05, 0) is 34.7 Å². The van der Waals surface area contributed by atoms with Crippen LogP contribution >= 0.6 is 22.6 Å². The fraction of sp³-hybridized carbons (Fsp3) is 0.188. The number of carbonyl (C=O) groups is 1. The van der Waals surface area contributed by atoms with Crippen molar-refractivity contribution in [3.63, 3.8) is 0 Å². The molecule has 0 bridgehead atoms. The average Bonchev–Trinajstić information content (AvgIpc) is 2.55. The van der Waals surface area contributed by atoms with Crippen LogP contribution in [0.5, 0.6) is 17.2 Å². The van der Waals surface area contributed by atoms with E-state index in [2.05, 4.69) is 27.9 Å². The summed E-state index contributed by atoms with van der Waals surface area (Å²) < 4.78 is 16.7. The van der Waals surface area contributed by atoms with E-state index in [-0.39, 0.29) is 5.91 Å². The average molecular weight is 413 g/mol.